The molecule has 138 valence electrons. The second-order valence-electron chi connectivity index (χ2n) is 5.37. The summed E-state index contributed by atoms with van der Waals surface area (Å²) in [4.78, 5) is 20.5. The molecule has 3 aromatic heterocycles. The van der Waals surface area contributed by atoms with E-state index < -0.39 is 5.91 Å². The van der Waals surface area contributed by atoms with Crippen molar-refractivity contribution in [2.75, 3.05) is 5.32 Å². The third-order valence-electron chi connectivity index (χ3n) is 3.73. The number of hydrazone groups is 1. The molecule has 6 N–H and O–H groups in total. The van der Waals surface area contributed by atoms with Crippen molar-refractivity contribution in [3.8, 4) is 11.1 Å². The SMILES string of the molecule is Cn1ncc(-c2ccc(C(=O)Nc3ncccc3Cl)nc2)c1C(=NN)NN. The lowest BCUT2D eigenvalue weighted by molar-refractivity contribution is 0.102. The Morgan fingerprint density at radius 2 is 2.07 bits per heavy atom. The maximum absolute atomic E-state index is 12.3. The number of hydrogen-bond donors (Lipinski definition) is 4. The average Bonchev–Trinajstić information content (AvgIpc) is 3.06. The van der Waals surface area contributed by atoms with Crippen molar-refractivity contribution in [1.29, 1.82) is 0 Å². The summed E-state index contributed by atoms with van der Waals surface area (Å²) < 4.78 is 1.57. The van der Waals surface area contributed by atoms with Crippen LogP contribution in [0.3, 0.4) is 0 Å². The van der Waals surface area contributed by atoms with Gasteiger partial charge in [-0.1, -0.05) is 17.7 Å². The number of aryl methyl sites for hydroxylation is 1. The molecule has 0 saturated heterocycles. The van der Waals surface area contributed by atoms with Crippen molar-refractivity contribution < 1.29 is 4.79 Å². The van der Waals surface area contributed by atoms with E-state index in [1.54, 1.807) is 48.4 Å². The number of anilines is 1. The minimum absolute atomic E-state index is 0.204. The summed E-state index contributed by atoms with van der Waals surface area (Å²) >= 11 is 5.99. The van der Waals surface area contributed by atoms with Crippen LogP contribution in [-0.4, -0.2) is 31.5 Å². The quantitative estimate of drug-likeness (QED) is 0.225. The van der Waals surface area contributed by atoms with Gasteiger partial charge < -0.3 is 16.6 Å². The van der Waals surface area contributed by atoms with Crippen molar-refractivity contribution in [3.63, 3.8) is 0 Å². The van der Waals surface area contributed by atoms with E-state index in [-0.39, 0.29) is 17.3 Å². The topological polar surface area (TPSA) is 149 Å². The van der Waals surface area contributed by atoms with Crippen LogP contribution in [-0.2, 0) is 7.05 Å². The Labute approximate surface area is 159 Å². The lowest BCUT2D eigenvalue weighted by Gasteiger charge is -2.09. The van der Waals surface area contributed by atoms with Crippen LogP contribution in [0.2, 0.25) is 5.02 Å². The zero-order valence-corrected chi connectivity index (χ0v) is 15.0. The second-order valence-corrected chi connectivity index (χ2v) is 5.78. The van der Waals surface area contributed by atoms with Gasteiger partial charge in [0.2, 0.25) is 0 Å². The third kappa shape index (κ3) is 3.71. The van der Waals surface area contributed by atoms with E-state index in [2.05, 4.69) is 30.9 Å². The molecule has 0 aliphatic heterocycles. The fraction of sp³-hybridized carbons (Fsp3) is 0.0625. The van der Waals surface area contributed by atoms with Crippen LogP contribution in [0.25, 0.3) is 11.1 Å². The first-order chi connectivity index (χ1) is 13.0. The molecule has 0 aliphatic carbocycles. The van der Waals surface area contributed by atoms with Crippen molar-refractivity contribution in [2.24, 2.45) is 23.8 Å². The van der Waals surface area contributed by atoms with Crippen LogP contribution in [0.4, 0.5) is 5.82 Å². The van der Waals surface area contributed by atoms with Crippen molar-refractivity contribution >= 4 is 29.2 Å². The molecule has 0 radical (unpaired) electrons. The number of amidine groups is 1. The average molecular weight is 386 g/mol. The van der Waals surface area contributed by atoms with Crippen LogP contribution in [0.15, 0.2) is 48.0 Å². The zero-order chi connectivity index (χ0) is 19.4. The van der Waals surface area contributed by atoms with Crippen molar-refractivity contribution in [1.82, 2.24) is 25.2 Å². The van der Waals surface area contributed by atoms with Crippen molar-refractivity contribution in [2.45, 2.75) is 0 Å². The van der Waals surface area contributed by atoms with Crippen LogP contribution in [0.1, 0.15) is 16.2 Å². The fourth-order valence-electron chi connectivity index (χ4n) is 2.43. The number of rotatable bonds is 4. The van der Waals surface area contributed by atoms with Gasteiger partial charge in [0.25, 0.3) is 5.91 Å². The predicted octanol–water partition coefficient (Wildman–Crippen LogP) is 0.866. The number of nitrogens with two attached hydrogens (primary N) is 2. The molecule has 0 aliphatic rings. The Morgan fingerprint density at radius 1 is 1.26 bits per heavy atom. The summed E-state index contributed by atoms with van der Waals surface area (Å²) in [5, 5.41) is 10.8. The molecule has 1 amide bonds. The highest BCUT2D eigenvalue weighted by atomic mass is 35.5. The number of aromatic nitrogens is 4. The molecule has 11 heteroatoms. The molecule has 3 aromatic rings. The maximum atomic E-state index is 12.3. The first-order valence-corrected chi connectivity index (χ1v) is 8.08. The number of carbonyl (C=O) groups excluding carboxylic acids is 1. The van der Waals surface area contributed by atoms with Crippen LogP contribution in [0, 0.1) is 0 Å². The molecule has 0 unspecified atom stereocenters. The third-order valence-corrected chi connectivity index (χ3v) is 4.03. The standard InChI is InChI=1S/C16H16ClN9O/c1-26-13(15(24-18)25-19)10(8-22-26)9-4-5-12(21-7-9)16(27)23-14-11(17)3-2-6-20-14/h2-8H,18-19H2,1H3,(H,24,25)(H,20,23,27). The van der Waals surface area contributed by atoms with Gasteiger partial charge in [-0.2, -0.15) is 10.2 Å². The number of nitrogens with one attached hydrogen (secondary N) is 2. The van der Waals surface area contributed by atoms with Crippen LogP contribution >= 0.6 is 11.6 Å². The number of hydrazine groups is 1. The van der Waals surface area contributed by atoms with Crippen LogP contribution in [0.5, 0.6) is 0 Å². The van der Waals surface area contributed by atoms with Gasteiger partial charge in [0.1, 0.15) is 11.4 Å². The Kier molecular flexibility index (Phi) is 5.29. The summed E-state index contributed by atoms with van der Waals surface area (Å²) in [5.74, 6) is 10.9. The number of nitrogens with zero attached hydrogens (tertiary/aromatic N) is 5. The molecule has 0 saturated carbocycles. The Morgan fingerprint density at radius 3 is 2.70 bits per heavy atom. The summed E-state index contributed by atoms with van der Waals surface area (Å²) in [6, 6.07) is 6.61. The van der Waals surface area contributed by atoms with Gasteiger partial charge in [-0.3, -0.25) is 14.5 Å². The number of pyridine rings is 2. The summed E-state index contributed by atoms with van der Waals surface area (Å²) in [6.07, 6.45) is 4.70. The molecule has 3 heterocycles. The van der Waals surface area contributed by atoms with Gasteiger partial charge in [0, 0.05) is 30.6 Å². The summed E-state index contributed by atoms with van der Waals surface area (Å²) in [6.45, 7) is 0. The monoisotopic (exact) mass is 385 g/mol. The van der Waals surface area contributed by atoms with Gasteiger partial charge in [-0.25, -0.2) is 10.8 Å². The van der Waals surface area contributed by atoms with Gasteiger partial charge in [0.05, 0.1) is 11.2 Å². The van der Waals surface area contributed by atoms with E-state index in [9.17, 15) is 4.79 Å². The van der Waals surface area contributed by atoms with E-state index in [4.69, 9.17) is 23.3 Å². The summed E-state index contributed by atoms with van der Waals surface area (Å²) in [7, 11) is 1.73. The lowest BCUT2D eigenvalue weighted by atomic mass is 10.1. The number of amides is 1. The normalized spacial score (nSPS) is 11.3. The molecule has 27 heavy (non-hydrogen) atoms. The summed E-state index contributed by atoms with van der Waals surface area (Å²) in [5.41, 5.74) is 4.63. The smallest absolute Gasteiger partial charge is 0.275 e. The first kappa shape index (κ1) is 18.3. The first-order valence-electron chi connectivity index (χ1n) is 7.70. The molecule has 0 bridgehead atoms. The molecule has 0 fully saturated rings. The maximum Gasteiger partial charge on any atom is 0.275 e. The minimum atomic E-state index is -0.429. The highest BCUT2D eigenvalue weighted by molar-refractivity contribution is 6.33. The van der Waals surface area contributed by atoms with E-state index in [1.807, 2.05) is 0 Å². The van der Waals surface area contributed by atoms with Gasteiger partial charge in [-0.05, 0) is 18.2 Å². The van der Waals surface area contributed by atoms with E-state index >= 15 is 0 Å². The van der Waals surface area contributed by atoms with E-state index in [1.165, 1.54) is 6.20 Å². The predicted molar refractivity (Wildman–Crippen MR) is 102 cm³/mol. The van der Waals surface area contributed by atoms with E-state index in [0.717, 1.165) is 0 Å². The lowest BCUT2D eigenvalue weighted by Crippen LogP contribution is -2.34. The van der Waals surface area contributed by atoms with E-state index in [0.29, 0.717) is 21.8 Å². The number of halogens is 1. The van der Waals surface area contributed by atoms with Gasteiger partial charge >= 0.3 is 0 Å². The number of hydrogen-bond acceptors (Lipinski definition) is 7. The molecule has 10 nitrogen and oxygen atoms in total. The number of carbonyl (C=O) groups is 1. The molecular weight excluding hydrogens is 370 g/mol. The van der Waals surface area contributed by atoms with Crippen molar-refractivity contribution in [3.05, 3.63) is 59.3 Å². The largest absolute Gasteiger partial charge is 0.321 e. The highest BCUT2D eigenvalue weighted by Gasteiger charge is 2.17. The molecule has 0 atom stereocenters. The Balaban J connectivity index is 1.86. The second kappa shape index (κ2) is 7.81. The zero-order valence-electron chi connectivity index (χ0n) is 14.2. The Hall–Kier alpha value is -3.50. The molecule has 0 aromatic carbocycles. The minimum Gasteiger partial charge on any atom is -0.321 e. The molecular formula is C16H16ClN9O. The van der Waals surface area contributed by atoms with Gasteiger partial charge in [-0.15, -0.1) is 0 Å². The fourth-order valence-corrected chi connectivity index (χ4v) is 2.60. The van der Waals surface area contributed by atoms with Crippen LogP contribution < -0.4 is 22.4 Å². The Bertz CT molecular complexity index is 997. The molecule has 0 spiro atoms. The molecule has 3 rings (SSSR count). The van der Waals surface area contributed by atoms with Gasteiger partial charge in [0.15, 0.2) is 11.7 Å². The highest BCUT2D eigenvalue weighted by Crippen LogP contribution is 2.23.